The van der Waals surface area contributed by atoms with E-state index < -0.39 is 10.2 Å². The summed E-state index contributed by atoms with van der Waals surface area (Å²) in [5.74, 6) is 1.50. The van der Waals surface area contributed by atoms with Gasteiger partial charge in [-0.1, -0.05) is 18.2 Å². The van der Waals surface area contributed by atoms with E-state index in [0.29, 0.717) is 12.4 Å². The zero-order valence-corrected chi connectivity index (χ0v) is 12.9. The molecule has 9 heteroatoms. The topological polar surface area (TPSA) is 147 Å². The average molecular weight is 329 g/mol. The third-order valence-corrected chi connectivity index (χ3v) is 2.73. The SMILES string of the molecule is Cc1nc(N)c(CNc2ccccc2)c[n+]1C.[O-][Cl+3]([O-])([O-])[O-]. The molecule has 2 rings (SSSR count). The van der Waals surface area contributed by atoms with Crippen molar-refractivity contribution in [3.05, 3.63) is 47.9 Å². The van der Waals surface area contributed by atoms with Gasteiger partial charge in [0.25, 0.3) is 5.82 Å². The maximum atomic E-state index is 8.49. The molecular formula is C13H17ClN4O4. The zero-order chi connectivity index (χ0) is 16.8. The number of halogens is 1. The number of para-hydroxylation sites is 1. The predicted octanol–water partition coefficient (Wildman–Crippen LogP) is -3.35. The van der Waals surface area contributed by atoms with Crippen molar-refractivity contribution in [3.63, 3.8) is 0 Å². The Bertz CT molecular complexity index is 599. The summed E-state index contributed by atoms with van der Waals surface area (Å²) in [4.78, 5) is 4.29. The first-order valence-electron chi connectivity index (χ1n) is 6.19. The van der Waals surface area contributed by atoms with Gasteiger partial charge in [0.1, 0.15) is 6.20 Å². The molecule has 1 aromatic carbocycles. The first-order valence-corrected chi connectivity index (χ1v) is 7.42. The van der Waals surface area contributed by atoms with Crippen LogP contribution in [0.5, 0.6) is 0 Å². The molecule has 0 aliphatic carbocycles. The zero-order valence-electron chi connectivity index (χ0n) is 12.2. The van der Waals surface area contributed by atoms with Crippen LogP contribution in [-0.4, -0.2) is 4.98 Å². The summed E-state index contributed by atoms with van der Waals surface area (Å²) < 4.78 is 35.9. The number of aromatic nitrogens is 2. The predicted molar refractivity (Wildman–Crippen MR) is 68.3 cm³/mol. The Morgan fingerprint density at radius 1 is 1.18 bits per heavy atom. The quantitative estimate of drug-likeness (QED) is 0.559. The van der Waals surface area contributed by atoms with Gasteiger partial charge in [-0.25, -0.2) is 23.2 Å². The highest BCUT2D eigenvalue weighted by atomic mass is 35.7. The second-order valence-electron chi connectivity index (χ2n) is 4.41. The highest BCUT2D eigenvalue weighted by molar-refractivity contribution is 5.45. The highest BCUT2D eigenvalue weighted by Gasteiger charge is 2.11. The highest BCUT2D eigenvalue weighted by Crippen LogP contribution is 2.10. The van der Waals surface area contributed by atoms with Gasteiger partial charge in [0.15, 0.2) is 0 Å². The molecule has 1 heterocycles. The fraction of sp³-hybridized carbons (Fsp3) is 0.231. The smallest absolute Gasteiger partial charge is 0.297 e. The van der Waals surface area contributed by atoms with Gasteiger partial charge in [0.2, 0.25) is 5.82 Å². The van der Waals surface area contributed by atoms with Crippen molar-refractivity contribution in [2.24, 2.45) is 7.05 Å². The molecule has 8 nitrogen and oxygen atoms in total. The maximum absolute atomic E-state index is 8.49. The van der Waals surface area contributed by atoms with Crippen LogP contribution in [-0.2, 0) is 13.6 Å². The van der Waals surface area contributed by atoms with E-state index in [2.05, 4.69) is 10.3 Å². The van der Waals surface area contributed by atoms with Crippen molar-refractivity contribution in [2.75, 3.05) is 11.1 Å². The van der Waals surface area contributed by atoms with E-state index in [1.165, 1.54) is 0 Å². The largest absolute Gasteiger partial charge is 0.381 e. The lowest BCUT2D eigenvalue weighted by Gasteiger charge is -2.17. The molecule has 3 N–H and O–H groups in total. The average Bonchev–Trinajstić information content (AvgIpc) is 2.41. The number of rotatable bonds is 3. The second kappa shape index (κ2) is 7.87. The fourth-order valence-electron chi connectivity index (χ4n) is 1.61. The summed E-state index contributed by atoms with van der Waals surface area (Å²) in [7, 11) is -2.98. The first-order chi connectivity index (χ1) is 10.2. The molecule has 0 saturated heterocycles. The van der Waals surface area contributed by atoms with Crippen molar-refractivity contribution < 1.29 is 33.4 Å². The van der Waals surface area contributed by atoms with Gasteiger partial charge < -0.3 is 11.1 Å². The van der Waals surface area contributed by atoms with E-state index in [0.717, 1.165) is 17.1 Å². The van der Waals surface area contributed by atoms with Crippen LogP contribution in [0.25, 0.3) is 0 Å². The van der Waals surface area contributed by atoms with Gasteiger partial charge in [0.05, 0.1) is 12.6 Å². The van der Waals surface area contributed by atoms with Crippen LogP contribution in [0.15, 0.2) is 36.5 Å². The number of benzene rings is 1. The Morgan fingerprint density at radius 3 is 2.27 bits per heavy atom. The van der Waals surface area contributed by atoms with Crippen molar-refractivity contribution >= 4 is 11.5 Å². The molecule has 120 valence electrons. The van der Waals surface area contributed by atoms with Crippen LogP contribution in [0.1, 0.15) is 11.4 Å². The Labute approximate surface area is 130 Å². The number of nitrogens with two attached hydrogens (primary N) is 1. The van der Waals surface area contributed by atoms with Gasteiger partial charge in [-0.15, -0.1) is 10.2 Å². The van der Waals surface area contributed by atoms with Gasteiger partial charge >= 0.3 is 0 Å². The number of hydrogen-bond acceptors (Lipinski definition) is 7. The van der Waals surface area contributed by atoms with Crippen molar-refractivity contribution in [2.45, 2.75) is 13.5 Å². The minimum absolute atomic E-state index is 0.587. The summed E-state index contributed by atoms with van der Waals surface area (Å²) in [5, 5.41) is 3.32. The van der Waals surface area contributed by atoms with Gasteiger partial charge in [-0.2, -0.15) is 0 Å². The lowest BCUT2D eigenvalue weighted by Crippen LogP contribution is -2.68. The van der Waals surface area contributed by atoms with Crippen LogP contribution >= 0.6 is 0 Å². The van der Waals surface area contributed by atoms with Crippen LogP contribution in [0.4, 0.5) is 11.5 Å². The summed E-state index contributed by atoms with van der Waals surface area (Å²) >= 11 is 0. The Balaban J connectivity index is 0.000000422. The molecule has 0 atom stereocenters. The molecule has 22 heavy (non-hydrogen) atoms. The number of nitrogen functional groups attached to an aromatic ring is 1. The molecular weight excluding hydrogens is 312 g/mol. The molecule has 0 aliphatic rings. The molecule has 2 aromatic rings. The standard InChI is InChI=1S/C13H16N4.ClHO4/c1-10-16-13(14)11(9-17(10)2)8-15-12-6-4-3-5-7-12;2-1(3,4)5/h3-7,9,14-15H,8H2,1-2H3;(H,2,3,4,5). The lowest BCUT2D eigenvalue weighted by molar-refractivity contribution is -2.00. The molecule has 0 saturated carbocycles. The van der Waals surface area contributed by atoms with E-state index >= 15 is 0 Å². The number of hydrogen-bond donors (Lipinski definition) is 2. The summed E-state index contributed by atoms with van der Waals surface area (Å²) in [5.41, 5.74) is 7.97. The third kappa shape index (κ3) is 7.16. The van der Waals surface area contributed by atoms with E-state index in [-0.39, 0.29) is 0 Å². The van der Waals surface area contributed by atoms with Crippen molar-refractivity contribution in [3.8, 4) is 0 Å². The number of anilines is 2. The lowest BCUT2D eigenvalue weighted by atomic mass is 10.2. The van der Waals surface area contributed by atoms with Crippen molar-refractivity contribution in [1.82, 2.24) is 4.98 Å². The molecule has 0 fully saturated rings. The van der Waals surface area contributed by atoms with Crippen LogP contribution < -0.4 is 34.3 Å². The molecule has 0 bridgehead atoms. The van der Waals surface area contributed by atoms with Crippen LogP contribution in [0, 0.1) is 17.2 Å². The number of nitrogens with one attached hydrogen (secondary N) is 1. The fourth-order valence-corrected chi connectivity index (χ4v) is 1.61. The Kier molecular flexibility index (Phi) is 6.47. The van der Waals surface area contributed by atoms with Crippen LogP contribution in [0.3, 0.4) is 0 Å². The maximum Gasteiger partial charge on any atom is 0.297 e. The molecule has 0 radical (unpaired) electrons. The van der Waals surface area contributed by atoms with E-state index in [9.17, 15) is 0 Å². The minimum Gasteiger partial charge on any atom is -0.381 e. The molecule has 1 aromatic heterocycles. The number of aryl methyl sites for hydroxylation is 2. The summed E-state index contributed by atoms with van der Waals surface area (Å²) in [6.07, 6.45) is 2.01. The molecule has 0 unspecified atom stereocenters. The molecule has 0 aliphatic heterocycles. The van der Waals surface area contributed by atoms with E-state index in [1.807, 2.05) is 55.1 Å². The minimum atomic E-state index is -4.94. The van der Waals surface area contributed by atoms with Crippen molar-refractivity contribution in [1.29, 1.82) is 0 Å². The van der Waals surface area contributed by atoms with Gasteiger partial charge in [0, 0.05) is 19.2 Å². The monoisotopic (exact) mass is 328 g/mol. The first kappa shape index (κ1) is 18.1. The van der Waals surface area contributed by atoms with Gasteiger partial charge in [-0.3, -0.25) is 0 Å². The third-order valence-electron chi connectivity index (χ3n) is 2.73. The number of nitrogens with zero attached hydrogens (tertiary/aromatic N) is 2. The Morgan fingerprint density at radius 2 is 1.73 bits per heavy atom. The second-order valence-corrected chi connectivity index (χ2v) is 5.16. The summed E-state index contributed by atoms with van der Waals surface area (Å²) in [6.45, 7) is 2.61. The Hall–Kier alpha value is -1.97. The molecule has 0 spiro atoms. The van der Waals surface area contributed by atoms with Gasteiger partial charge in [-0.05, 0) is 17.1 Å². The molecule has 0 amide bonds. The summed E-state index contributed by atoms with van der Waals surface area (Å²) in [6, 6.07) is 10.0. The van der Waals surface area contributed by atoms with Crippen LogP contribution in [0.2, 0.25) is 0 Å². The normalized spacial score (nSPS) is 10.6. The van der Waals surface area contributed by atoms with E-state index in [1.54, 1.807) is 0 Å². The van der Waals surface area contributed by atoms with E-state index in [4.69, 9.17) is 24.4 Å².